The van der Waals surface area contributed by atoms with E-state index < -0.39 is 11.9 Å². The fraction of sp³-hybridized carbons (Fsp3) is 0.174. The molecule has 0 bridgehead atoms. The molecule has 2 aromatic carbocycles. The predicted octanol–water partition coefficient (Wildman–Crippen LogP) is 3.47. The van der Waals surface area contributed by atoms with Crippen molar-refractivity contribution in [3.63, 3.8) is 0 Å². The summed E-state index contributed by atoms with van der Waals surface area (Å²) in [5.41, 5.74) is 1.16. The van der Waals surface area contributed by atoms with Crippen molar-refractivity contribution in [3.8, 4) is 5.75 Å². The number of esters is 1. The van der Waals surface area contributed by atoms with Gasteiger partial charge < -0.3 is 14.4 Å². The third kappa shape index (κ3) is 4.60. The Kier molecular flexibility index (Phi) is 6.18. The minimum absolute atomic E-state index is 0.0380. The molecule has 0 spiro atoms. The van der Waals surface area contributed by atoms with Crippen LogP contribution in [-0.4, -0.2) is 64.3 Å². The third-order valence-electron chi connectivity index (χ3n) is 5.21. The van der Waals surface area contributed by atoms with Crippen LogP contribution < -0.4 is 4.74 Å². The molecule has 0 radical (unpaired) electrons. The molecule has 1 N–H and O–H groups in total. The molecule has 172 valence electrons. The van der Waals surface area contributed by atoms with Crippen molar-refractivity contribution < 1.29 is 19.1 Å². The first-order chi connectivity index (χ1) is 16.5. The van der Waals surface area contributed by atoms with E-state index in [4.69, 9.17) is 26.5 Å². The number of morpholine rings is 1. The fourth-order valence-corrected chi connectivity index (χ4v) is 4.49. The van der Waals surface area contributed by atoms with Crippen LogP contribution in [0.2, 0.25) is 5.02 Å². The van der Waals surface area contributed by atoms with E-state index in [1.54, 1.807) is 54.6 Å². The smallest absolute Gasteiger partial charge is 0.343 e. The third-order valence-corrected chi connectivity index (χ3v) is 6.43. The minimum atomic E-state index is -0.505. The molecular formula is C23H18ClN5O4S. The number of benzene rings is 2. The molecule has 9 nitrogen and oxygen atoms in total. The summed E-state index contributed by atoms with van der Waals surface area (Å²) in [6.45, 7) is 2.62. The summed E-state index contributed by atoms with van der Waals surface area (Å²) in [4.78, 5) is 31.1. The first kappa shape index (κ1) is 22.3. The number of thioether (sulfide) groups is 1. The summed E-state index contributed by atoms with van der Waals surface area (Å²) in [5, 5.41) is 16.0. The number of carbonyl (C=O) groups is 2. The largest absolute Gasteiger partial charge is 0.423 e. The van der Waals surface area contributed by atoms with Gasteiger partial charge >= 0.3 is 5.97 Å². The molecule has 5 rings (SSSR count). The number of hydrazone groups is 1. The van der Waals surface area contributed by atoms with E-state index in [0.717, 1.165) is 0 Å². The lowest BCUT2D eigenvalue weighted by Crippen LogP contribution is -2.39. The molecule has 1 fully saturated rings. The van der Waals surface area contributed by atoms with Crippen LogP contribution >= 0.6 is 23.4 Å². The number of ether oxygens (including phenoxy) is 2. The summed E-state index contributed by atoms with van der Waals surface area (Å²) in [7, 11) is 0. The Hall–Kier alpha value is -3.47. The Labute approximate surface area is 204 Å². The van der Waals surface area contributed by atoms with Crippen molar-refractivity contribution in [2.24, 2.45) is 10.1 Å². The number of carbonyl (C=O) groups excluding carboxylic acids is 2. The maximum atomic E-state index is 12.6. The molecule has 0 saturated carbocycles. The Bertz CT molecular complexity index is 1250. The van der Waals surface area contributed by atoms with Crippen LogP contribution in [-0.2, 0) is 9.53 Å². The van der Waals surface area contributed by atoms with Gasteiger partial charge in [-0.15, -0.1) is 5.10 Å². The second-order valence-electron chi connectivity index (χ2n) is 7.47. The number of nitrogens with zero attached hydrogens (tertiary/aromatic N) is 4. The number of halogens is 1. The minimum Gasteiger partial charge on any atom is -0.423 e. The van der Waals surface area contributed by atoms with E-state index in [1.807, 2.05) is 0 Å². The van der Waals surface area contributed by atoms with E-state index >= 15 is 0 Å². The quantitative estimate of drug-likeness (QED) is 0.394. The highest BCUT2D eigenvalue weighted by atomic mass is 35.5. The van der Waals surface area contributed by atoms with Crippen LogP contribution in [0.5, 0.6) is 5.75 Å². The van der Waals surface area contributed by atoms with Gasteiger partial charge in [-0.05, 0) is 59.8 Å². The zero-order chi connectivity index (χ0) is 23.7. The first-order valence-corrected chi connectivity index (χ1v) is 11.6. The van der Waals surface area contributed by atoms with Crippen molar-refractivity contribution in [1.29, 1.82) is 5.41 Å². The van der Waals surface area contributed by atoms with Gasteiger partial charge in [-0.2, -0.15) is 10.0 Å². The van der Waals surface area contributed by atoms with Crippen LogP contribution in [0.15, 0.2) is 64.2 Å². The monoisotopic (exact) mass is 495 g/mol. The van der Waals surface area contributed by atoms with Crippen molar-refractivity contribution in [3.05, 3.63) is 70.3 Å². The van der Waals surface area contributed by atoms with Gasteiger partial charge in [0.2, 0.25) is 5.17 Å². The molecule has 3 aliphatic rings. The van der Waals surface area contributed by atoms with Crippen LogP contribution in [0.4, 0.5) is 0 Å². The number of nitrogens with one attached hydrogen (secondary N) is 1. The topological polar surface area (TPSA) is 108 Å². The summed E-state index contributed by atoms with van der Waals surface area (Å²) >= 11 is 7.12. The molecular weight excluding hydrogens is 478 g/mol. The summed E-state index contributed by atoms with van der Waals surface area (Å²) < 4.78 is 10.7. The zero-order valence-electron chi connectivity index (χ0n) is 17.7. The number of aliphatic imine (C=N–C) groups is 1. The molecule has 0 aromatic heterocycles. The van der Waals surface area contributed by atoms with Gasteiger partial charge in [-0.3, -0.25) is 10.2 Å². The highest BCUT2D eigenvalue weighted by molar-refractivity contribution is 8.26. The van der Waals surface area contributed by atoms with Gasteiger partial charge in [0.15, 0.2) is 11.0 Å². The number of amidine groups is 3. The Morgan fingerprint density at radius 2 is 1.79 bits per heavy atom. The molecule has 1 amide bonds. The number of fused-ring (bicyclic) bond motifs is 1. The van der Waals surface area contributed by atoms with E-state index in [1.165, 1.54) is 16.8 Å². The lowest BCUT2D eigenvalue weighted by atomic mass is 10.1. The summed E-state index contributed by atoms with van der Waals surface area (Å²) in [6, 6.07) is 13.0. The number of hydrogen-bond acceptors (Lipinski definition) is 8. The van der Waals surface area contributed by atoms with Crippen molar-refractivity contribution >= 4 is 57.5 Å². The fourth-order valence-electron chi connectivity index (χ4n) is 3.42. The number of rotatable bonds is 3. The zero-order valence-corrected chi connectivity index (χ0v) is 19.3. The van der Waals surface area contributed by atoms with Crippen molar-refractivity contribution in [1.82, 2.24) is 9.91 Å². The van der Waals surface area contributed by atoms with Crippen molar-refractivity contribution in [2.75, 3.05) is 26.3 Å². The predicted molar refractivity (Wildman–Crippen MR) is 130 cm³/mol. The second-order valence-corrected chi connectivity index (χ2v) is 8.84. The van der Waals surface area contributed by atoms with E-state index in [2.05, 4.69) is 15.0 Å². The molecule has 3 aliphatic heterocycles. The molecule has 11 heteroatoms. The van der Waals surface area contributed by atoms with Gasteiger partial charge in [0, 0.05) is 18.1 Å². The Balaban J connectivity index is 1.30. The Morgan fingerprint density at radius 1 is 1.09 bits per heavy atom. The maximum absolute atomic E-state index is 12.6. The van der Waals surface area contributed by atoms with Gasteiger partial charge in [-0.1, -0.05) is 23.7 Å². The average Bonchev–Trinajstić information content (AvgIpc) is 3.28. The van der Waals surface area contributed by atoms with Gasteiger partial charge in [-0.25, -0.2) is 4.79 Å². The molecule has 1 saturated heterocycles. The molecule has 34 heavy (non-hydrogen) atoms. The van der Waals surface area contributed by atoms with Crippen LogP contribution in [0.25, 0.3) is 6.08 Å². The highest BCUT2D eigenvalue weighted by Gasteiger charge is 2.37. The number of amides is 1. The highest BCUT2D eigenvalue weighted by Crippen LogP contribution is 2.30. The first-order valence-electron chi connectivity index (χ1n) is 10.4. The standard InChI is InChI=1S/C23H18ClN5O4S/c24-16-5-3-15(4-6-16)21(31)33-17-7-1-14(2-8-17)13-18-19(25)29-22(26-20(18)30)34-23(27-29)28-9-11-32-12-10-28/h1-8,13,25H,9-12H2/b18-13-,25-19?. The van der Waals surface area contributed by atoms with Gasteiger partial charge in [0.25, 0.3) is 5.91 Å². The van der Waals surface area contributed by atoms with Gasteiger partial charge in [0.1, 0.15) is 5.75 Å². The maximum Gasteiger partial charge on any atom is 0.343 e. The van der Waals surface area contributed by atoms with E-state index in [9.17, 15) is 9.59 Å². The second kappa shape index (κ2) is 9.41. The molecule has 0 unspecified atom stereocenters. The SMILES string of the molecule is N=C1/C(=C/c2ccc(OC(=O)c3ccc(Cl)cc3)cc2)C(=O)N=C2SC(N3CCOCC3)=NN12. The normalized spacial score (nSPS) is 19.1. The van der Waals surface area contributed by atoms with Gasteiger partial charge in [0.05, 0.1) is 24.4 Å². The molecule has 2 aromatic rings. The van der Waals surface area contributed by atoms with Crippen LogP contribution in [0.1, 0.15) is 15.9 Å². The average molecular weight is 496 g/mol. The molecule has 3 heterocycles. The Morgan fingerprint density at radius 3 is 2.50 bits per heavy atom. The van der Waals surface area contributed by atoms with Crippen LogP contribution in [0.3, 0.4) is 0 Å². The summed E-state index contributed by atoms with van der Waals surface area (Å²) in [6.07, 6.45) is 1.57. The van der Waals surface area contributed by atoms with E-state index in [-0.39, 0.29) is 11.4 Å². The number of hydrogen-bond donors (Lipinski definition) is 1. The van der Waals surface area contributed by atoms with Crippen LogP contribution in [0, 0.1) is 5.41 Å². The molecule has 0 atom stereocenters. The molecule has 0 aliphatic carbocycles. The summed E-state index contributed by atoms with van der Waals surface area (Å²) in [5.74, 6) is -0.693. The van der Waals surface area contributed by atoms with E-state index in [0.29, 0.717) is 58.5 Å². The lowest BCUT2D eigenvalue weighted by molar-refractivity contribution is -0.114. The van der Waals surface area contributed by atoms with Crippen molar-refractivity contribution in [2.45, 2.75) is 0 Å². The lowest BCUT2D eigenvalue weighted by Gasteiger charge is -2.26.